The molecular formula is C8H6F5NO. The Morgan fingerprint density at radius 3 is 2.33 bits per heavy atom. The largest absolute Gasteiger partial charge is 0.416 e. The summed E-state index contributed by atoms with van der Waals surface area (Å²) in [6, 6.07) is 0.543. The summed E-state index contributed by atoms with van der Waals surface area (Å²) in [6.45, 7) is 0. The Hall–Kier alpha value is -1.24. The molecule has 1 rings (SSSR count). The first-order valence-electron chi connectivity index (χ1n) is 3.81. The van der Waals surface area contributed by atoms with E-state index in [1.807, 2.05) is 0 Å². The van der Waals surface area contributed by atoms with Crippen molar-refractivity contribution < 1.29 is 27.1 Å². The van der Waals surface area contributed by atoms with E-state index in [1.165, 1.54) is 0 Å². The average Bonchev–Trinajstić information content (AvgIpc) is 2.15. The fourth-order valence-electron chi connectivity index (χ4n) is 1.04. The second-order valence-corrected chi connectivity index (χ2v) is 2.74. The predicted octanol–water partition coefficient (Wildman–Crippen LogP) is 2.40. The molecular weight excluding hydrogens is 221 g/mol. The zero-order valence-electron chi connectivity index (χ0n) is 7.17. The van der Waals surface area contributed by atoms with E-state index >= 15 is 0 Å². The van der Waals surface area contributed by atoms with Gasteiger partial charge in [-0.25, -0.2) is 8.78 Å². The van der Waals surface area contributed by atoms with E-state index in [0.717, 1.165) is 6.20 Å². The van der Waals surface area contributed by atoms with E-state index in [4.69, 9.17) is 5.11 Å². The fourth-order valence-corrected chi connectivity index (χ4v) is 1.04. The molecule has 0 bridgehead atoms. The van der Waals surface area contributed by atoms with Gasteiger partial charge < -0.3 is 5.11 Å². The standard InChI is InChI=1S/C8H6F5NO/c9-7(10)6(15)4-3-14-2-1-5(4)8(11,12)13/h1-3,6-7,15H. The van der Waals surface area contributed by atoms with Gasteiger partial charge in [-0.05, 0) is 6.07 Å². The van der Waals surface area contributed by atoms with Crippen molar-refractivity contribution in [1.29, 1.82) is 0 Å². The third-order valence-electron chi connectivity index (χ3n) is 1.71. The van der Waals surface area contributed by atoms with Crippen LogP contribution in [0.15, 0.2) is 18.5 Å². The predicted molar refractivity (Wildman–Crippen MR) is 40.2 cm³/mol. The van der Waals surface area contributed by atoms with Crippen LogP contribution in [0.3, 0.4) is 0 Å². The van der Waals surface area contributed by atoms with Crippen molar-refractivity contribution in [3.63, 3.8) is 0 Å². The van der Waals surface area contributed by atoms with Crippen LogP contribution in [-0.2, 0) is 6.18 Å². The molecule has 0 saturated heterocycles. The van der Waals surface area contributed by atoms with Crippen LogP contribution in [0.25, 0.3) is 0 Å². The van der Waals surface area contributed by atoms with Gasteiger partial charge in [-0.2, -0.15) is 13.2 Å². The van der Waals surface area contributed by atoms with Crippen molar-refractivity contribution in [3.8, 4) is 0 Å². The molecule has 1 aromatic heterocycles. The van der Waals surface area contributed by atoms with Crippen LogP contribution < -0.4 is 0 Å². The highest BCUT2D eigenvalue weighted by Crippen LogP contribution is 2.35. The molecule has 0 aromatic carbocycles. The van der Waals surface area contributed by atoms with Crippen molar-refractivity contribution in [3.05, 3.63) is 29.6 Å². The number of aromatic nitrogens is 1. The molecule has 1 N–H and O–H groups in total. The van der Waals surface area contributed by atoms with Crippen LogP contribution >= 0.6 is 0 Å². The summed E-state index contributed by atoms with van der Waals surface area (Å²) in [6.07, 6.45) is -9.14. The zero-order valence-corrected chi connectivity index (χ0v) is 7.17. The third kappa shape index (κ3) is 2.62. The molecule has 0 aliphatic heterocycles. The normalized spacial score (nSPS) is 14.3. The molecule has 84 valence electrons. The second-order valence-electron chi connectivity index (χ2n) is 2.74. The van der Waals surface area contributed by atoms with Crippen molar-refractivity contribution >= 4 is 0 Å². The van der Waals surface area contributed by atoms with Gasteiger partial charge in [-0.3, -0.25) is 4.98 Å². The Balaban J connectivity index is 3.18. The smallest absolute Gasteiger partial charge is 0.382 e. The summed E-state index contributed by atoms with van der Waals surface area (Å²) in [7, 11) is 0. The van der Waals surface area contributed by atoms with Gasteiger partial charge in [-0.1, -0.05) is 0 Å². The zero-order chi connectivity index (χ0) is 11.6. The van der Waals surface area contributed by atoms with Crippen molar-refractivity contribution in [2.75, 3.05) is 0 Å². The van der Waals surface area contributed by atoms with E-state index in [1.54, 1.807) is 0 Å². The first kappa shape index (κ1) is 11.8. The van der Waals surface area contributed by atoms with Gasteiger partial charge in [0.2, 0.25) is 0 Å². The SMILES string of the molecule is OC(c1cnccc1C(F)(F)F)C(F)F. The van der Waals surface area contributed by atoms with Crippen LogP contribution in [0, 0.1) is 0 Å². The maximum atomic E-state index is 12.3. The first-order valence-corrected chi connectivity index (χ1v) is 3.81. The molecule has 2 nitrogen and oxygen atoms in total. The van der Waals surface area contributed by atoms with Crippen LogP contribution in [0.5, 0.6) is 0 Å². The maximum absolute atomic E-state index is 12.3. The molecule has 0 aliphatic rings. The molecule has 0 amide bonds. The first-order chi connectivity index (χ1) is 6.84. The lowest BCUT2D eigenvalue weighted by atomic mass is 10.1. The van der Waals surface area contributed by atoms with Gasteiger partial charge in [0.25, 0.3) is 6.43 Å². The highest BCUT2D eigenvalue weighted by atomic mass is 19.4. The molecule has 7 heteroatoms. The number of pyridine rings is 1. The summed E-state index contributed by atoms with van der Waals surface area (Å²) < 4.78 is 60.9. The highest BCUT2D eigenvalue weighted by Gasteiger charge is 2.36. The van der Waals surface area contributed by atoms with E-state index in [0.29, 0.717) is 12.3 Å². The molecule has 0 spiro atoms. The van der Waals surface area contributed by atoms with E-state index in [2.05, 4.69) is 4.98 Å². The number of hydrogen-bond donors (Lipinski definition) is 1. The minimum absolute atomic E-state index is 0.543. The van der Waals surface area contributed by atoms with Gasteiger partial charge in [0.15, 0.2) is 0 Å². The van der Waals surface area contributed by atoms with Crippen molar-refractivity contribution in [2.45, 2.75) is 18.7 Å². The lowest BCUT2D eigenvalue weighted by Gasteiger charge is -2.15. The molecule has 1 unspecified atom stereocenters. The number of hydrogen-bond acceptors (Lipinski definition) is 2. The molecule has 1 heterocycles. The topological polar surface area (TPSA) is 33.1 Å². The van der Waals surface area contributed by atoms with Crippen LogP contribution in [-0.4, -0.2) is 16.5 Å². The molecule has 1 atom stereocenters. The third-order valence-corrected chi connectivity index (χ3v) is 1.71. The molecule has 1 aromatic rings. The number of halogens is 5. The lowest BCUT2D eigenvalue weighted by molar-refractivity contribution is -0.140. The fraction of sp³-hybridized carbons (Fsp3) is 0.375. The van der Waals surface area contributed by atoms with Crippen LogP contribution in [0.1, 0.15) is 17.2 Å². The summed E-state index contributed by atoms with van der Waals surface area (Å²) in [4.78, 5) is 3.27. The molecule has 0 radical (unpaired) electrons. The van der Waals surface area contributed by atoms with Crippen molar-refractivity contribution in [2.24, 2.45) is 0 Å². The second kappa shape index (κ2) is 4.09. The van der Waals surface area contributed by atoms with Gasteiger partial charge in [0.05, 0.1) is 5.56 Å². The van der Waals surface area contributed by atoms with E-state index < -0.39 is 29.8 Å². The van der Waals surface area contributed by atoms with E-state index in [9.17, 15) is 22.0 Å². The number of aliphatic hydroxyl groups is 1. The van der Waals surface area contributed by atoms with Crippen LogP contribution in [0.4, 0.5) is 22.0 Å². The molecule has 0 aliphatic carbocycles. The molecule has 15 heavy (non-hydrogen) atoms. The Morgan fingerprint density at radius 1 is 1.27 bits per heavy atom. The Kier molecular flexibility index (Phi) is 3.23. The van der Waals surface area contributed by atoms with Gasteiger partial charge >= 0.3 is 6.18 Å². The monoisotopic (exact) mass is 227 g/mol. The molecule has 0 fully saturated rings. The summed E-state index contributed by atoms with van der Waals surface area (Å²) in [5.41, 5.74) is -2.22. The van der Waals surface area contributed by atoms with Gasteiger partial charge in [0.1, 0.15) is 6.10 Å². The number of alkyl halides is 5. The van der Waals surface area contributed by atoms with Crippen LogP contribution in [0.2, 0.25) is 0 Å². The molecule has 0 saturated carbocycles. The Bertz CT molecular complexity index is 338. The Morgan fingerprint density at radius 2 is 1.87 bits per heavy atom. The number of rotatable bonds is 2. The number of aliphatic hydroxyl groups excluding tert-OH is 1. The minimum Gasteiger partial charge on any atom is -0.382 e. The lowest BCUT2D eigenvalue weighted by Crippen LogP contribution is -2.16. The number of nitrogens with zero attached hydrogens (tertiary/aromatic N) is 1. The quantitative estimate of drug-likeness (QED) is 0.787. The highest BCUT2D eigenvalue weighted by molar-refractivity contribution is 5.28. The summed E-state index contributed by atoms with van der Waals surface area (Å²) in [5.74, 6) is 0. The summed E-state index contributed by atoms with van der Waals surface area (Å²) >= 11 is 0. The van der Waals surface area contributed by atoms with E-state index in [-0.39, 0.29) is 0 Å². The van der Waals surface area contributed by atoms with Crippen molar-refractivity contribution in [1.82, 2.24) is 4.98 Å². The van der Waals surface area contributed by atoms with Gasteiger partial charge in [-0.15, -0.1) is 0 Å². The maximum Gasteiger partial charge on any atom is 0.416 e. The average molecular weight is 227 g/mol. The minimum atomic E-state index is -4.78. The summed E-state index contributed by atoms with van der Waals surface area (Å²) in [5, 5.41) is 8.85. The van der Waals surface area contributed by atoms with Gasteiger partial charge in [0, 0.05) is 18.0 Å². The Labute approximate surface area is 81.4 Å².